The molecule has 0 aliphatic carbocycles. The van der Waals surface area contributed by atoms with Crippen LogP contribution in [0.15, 0.2) is 24.3 Å². The fourth-order valence-corrected chi connectivity index (χ4v) is 3.34. The number of thiazole rings is 1. The summed E-state index contributed by atoms with van der Waals surface area (Å²) in [5.41, 5.74) is 9.94. The quantitative estimate of drug-likeness (QED) is 0.912. The van der Waals surface area contributed by atoms with E-state index in [0.717, 1.165) is 18.5 Å². The van der Waals surface area contributed by atoms with Crippen LogP contribution < -0.4 is 5.73 Å². The van der Waals surface area contributed by atoms with Crippen LogP contribution in [-0.4, -0.2) is 4.98 Å². The summed E-state index contributed by atoms with van der Waals surface area (Å²) in [6.45, 7) is 8.91. The Kier molecular flexibility index (Phi) is 3.95. The van der Waals surface area contributed by atoms with Crippen LogP contribution in [0.1, 0.15) is 49.4 Å². The zero-order valence-corrected chi connectivity index (χ0v) is 13.0. The molecular weight excluding hydrogens is 252 g/mol. The number of nitrogens with zero attached hydrogens (tertiary/aromatic N) is 1. The van der Waals surface area contributed by atoms with Crippen LogP contribution in [-0.2, 0) is 18.3 Å². The molecule has 0 unspecified atom stereocenters. The van der Waals surface area contributed by atoms with Crippen molar-refractivity contribution in [2.24, 2.45) is 0 Å². The Morgan fingerprint density at radius 3 is 2.53 bits per heavy atom. The van der Waals surface area contributed by atoms with E-state index in [9.17, 15) is 0 Å². The van der Waals surface area contributed by atoms with Gasteiger partial charge in [0, 0.05) is 11.3 Å². The smallest absolute Gasteiger partial charge is 0.180 e. The molecule has 1 aromatic heterocycles. The van der Waals surface area contributed by atoms with Crippen molar-refractivity contribution in [1.29, 1.82) is 0 Å². The van der Waals surface area contributed by atoms with Gasteiger partial charge >= 0.3 is 0 Å². The predicted molar refractivity (Wildman–Crippen MR) is 83.9 cm³/mol. The molecule has 0 atom stereocenters. The lowest BCUT2D eigenvalue weighted by Gasteiger charge is -2.22. The zero-order valence-electron chi connectivity index (χ0n) is 12.2. The molecule has 0 amide bonds. The van der Waals surface area contributed by atoms with E-state index < -0.39 is 0 Å². The fraction of sp³-hybridized carbons (Fsp3) is 0.438. The molecule has 0 aliphatic rings. The van der Waals surface area contributed by atoms with E-state index in [-0.39, 0.29) is 5.41 Å². The first-order valence-corrected chi connectivity index (χ1v) is 7.56. The summed E-state index contributed by atoms with van der Waals surface area (Å²) in [6.07, 6.45) is 1.88. The summed E-state index contributed by atoms with van der Waals surface area (Å²) >= 11 is 1.62. The SMILES string of the molecule is CCc1nc(N)sc1Cc1ccccc1C(C)(C)C. The summed E-state index contributed by atoms with van der Waals surface area (Å²) in [5, 5.41) is 0.681. The van der Waals surface area contributed by atoms with Crippen molar-refractivity contribution in [3.05, 3.63) is 46.0 Å². The van der Waals surface area contributed by atoms with E-state index in [1.165, 1.54) is 16.0 Å². The first-order chi connectivity index (χ1) is 8.91. The highest BCUT2D eigenvalue weighted by Crippen LogP contribution is 2.30. The van der Waals surface area contributed by atoms with E-state index in [0.29, 0.717) is 5.13 Å². The lowest BCUT2D eigenvalue weighted by atomic mass is 9.83. The Labute approximate surface area is 119 Å². The van der Waals surface area contributed by atoms with Gasteiger partial charge in [-0.2, -0.15) is 0 Å². The van der Waals surface area contributed by atoms with Crippen LogP contribution in [0.5, 0.6) is 0 Å². The summed E-state index contributed by atoms with van der Waals surface area (Å²) in [4.78, 5) is 5.72. The lowest BCUT2D eigenvalue weighted by Crippen LogP contribution is -2.14. The molecule has 1 aromatic carbocycles. The molecular formula is C16H22N2S. The number of anilines is 1. The monoisotopic (exact) mass is 274 g/mol. The van der Waals surface area contributed by atoms with Gasteiger partial charge in [0.15, 0.2) is 5.13 Å². The topological polar surface area (TPSA) is 38.9 Å². The second-order valence-corrected chi connectivity index (χ2v) is 6.97. The van der Waals surface area contributed by atoms with Gasteiger partial charge in [0.05, 0.1) is 5.69 Å². The third-order valence-electron chi connectivity index (χ3n) is 3.31. The molecule has 0 fully saturated rings. The normalized spacial score (nSPS) is 11.8. The van der Waals surface area contributed by atoms with E-state index in [4.69, 9.17) is 5.73 Å². The molecule has 0 spiro atoms. The molecule has 0 saturated heterocycles. The molecule has 2 aromatic rings. The van der Waals surface area contributed by atoms with Gasteiger partial charge in [0.1, 0.15) is 0 Å². The Bertz CT molecular complexity index is 564. The Morgan fingerprint density at radius 1 is 1.21 bits per heavy atom. The standard InChI is InChI=1S/C16H22N2S/c1-5-13-14(19-15(17)18-13)10-11-8-6-7-9-12(11)16(2,3)4/h6-9H,5,10H2,1-4H3,(H2,17,18). The maximum absolute atomic E-state index is 5.84. The maximum atomic E-state index is 5.84. The Morgan fingerprint density at radius 2 is 1.89 bits per heavy atom. The Balaban J connectivity index is 2.38. The molecule has 2 rings (SSSR count). The van der Waals surface area contributed by atoms with Crippen molar-refractivity contribution < 1.29 is 0 Å². The second kappa shape index (κ2) is 5.33. The number of nitrogen functional groups attached to an aromatic ring is 1. The van der Waals surface area contributed by atoms with Crippen molar-refractivity contribution in [1.82, 2.24) is 4.98 Å². The molecule has 2 N–H and O–H groups in total. The third kappa shape index (κ3) is 3.16. The number of hydrogen-bond donors (Lipinski definition) is 1. The highest BCUT2D eigenvalue weighted by atomic mass is 32.1. The number of benzene rings is 1. The molecule has 19 heavy (non-hydrogen) atoms. The van der Waals surface area contributed by atoms with Crippen molar-refractivity contribution in [2.45, 2.75) is 46.0 Å². The van der Waals surface area contributed by atoms with Gasteiger partial charge < -0.3 is 5.73 Å². The van der Waals surface area contributed by atoms with Gasteiger partial charge in [-0.3, -0.25) is 0 Å². The van der Waals surface area contributed by atoms with Gasteiger partial charge in [-0.1, -0.05) is 52.0 Å². The Hall–Kier alpha value is -1.35. The van der Waals surface area contributed by atoms with E-state index in [1.54, 1.807) is 11.3 Å². The molecule has 3 heteroatoms. The minimum absolute atomic E-state index is 0.166. The molecule has 1 heterocycles. The molecule has 0 aliphatic heterocycles. The highest BCUT2D eigenvalue weighted by molar-refractivity contribution is 7.15. The predicted octanol–water partition coefficient (Wildman–Crippen LogP) is 4.18. The van der Waals surface area contributed by atoms with Crippen LogP contribution >= 0.6 is 11.3 Å². The van der Waals surface area contributed by atoms with Crippen LogP contribution in [0, 0.1) is 0 Å². The summed E-state index contributed by atoms with van der Waals surface area (Å²) in [6, 6.07) is 8.67. The van der Waals surface area contributed by atoms with Gasteiger partial charge in [0.2, 0.25) is 0 Å². The van der Waals surface area contributed by atoms with Crippen LogP contribution in [0.2, 0.25) is 0 Å². The molecule has 0 radical (unpaired) electrons. The number of hydrogen-bond acceptors (Lipinski definition) is 3. The molecule has 102 valence electrons. The number of nitrogens with two attached hydrogens (primary N) is 1. The van der Waals surface area contributed by atoms with Crippen molar-refractivity contribution in [2.75, 3.05) is 5.73 Å². The third-order valence-corrected chi connectivity index (χ3v) is 4.23. The summed E-state index contributed by atoms with van der Waals surface area (Å²) < 4.78 is 0. The van der Waals surface area contributed by atoms with E-state index in [2.05, 4.69) is 56.9 Å². The van der Waals surface area contributed by atoms with Gasteiger partial charge in [0.25, 0.3) is 0 Å². The van der Waals surface area contributed by atoms with Crippen LogP contribution in [0.4, 0.5) is 5.13 Å². The van der Waals surface area contributed by atoms with Crippen LogP contribution in [0.3, 0.4) is 0 Å². The fourth-order valence-electron chi connectivity index (χ4n) is 2.40. The van der Waals surface area contributed by atoms with Gasteiger partial charge in [-0.15, -0.1) is 11.3 Å². The molecule has 2 nitrogen and oxygen atoms in total. The maximum Gasteiger partial charge on any atom is 0.180 e. The van der Waals surface area contributed by atoms with E-state index >= 15 is 0 Å². The van der Waals surface area contributed by atoms with Crippen molar-refractivity contribution in [3.8, 4) is 0 Å². The minimum Gasteiger partial charge on any atom is -0.375 e. The average molecular weight is 274 g/mol. The minimum atomic E-state index is 0.166. The number of rotatable bonds is 3. The van der Waals surface area contributed by atoms with Gasteiger partial charge in [-0.05, 0) is 23.0 Å². The van der Waals surface area contributed by atoms with Crippen LogP contribution in [0.25, 0.3) is 0 Å². The number of aromatic nitrogens is 1. The summed E-state index contributed by atoms with van der Waals surface area (Å²) in [5.74, 6) is 0. The first kappa shape index (κ1) is 14.1. The van der Waals surface area contributed by atoms with Crippen molar-refractivity contribution >= 4 is 16.5 Å². The van der Waals surface area contributed by atoms with Gasteiger partial charge in [-0.25, -0.2) is 4.98 Å². The molecule has 0 saturated carbocycles. The largest absolute Gasteiger partial charge is 0.375 e. The first-order valence-electron chi connectivity index (χ1n) is 6.74. The summed E-state index contributed by atoms with van der Waals surface area (Å²) in [7, 11) is 0. The lowest BCUT2D eigenvalue weighted by molar-refractivity contribution is 0.584. The zero-order chi connectivity index (χ0) is 14.0. The van der Waals surface area contributed by atoms with Crippen molar-refractivity contribution in [3.63, 3.8) is 0 Å². The average Bonchev–Trinajstić information content (AvgIpc) is 2.69. The molecule has 0 bridgehead atoms. The second-order valence-electron chi connectivity index (χ2n) is 5.86. The highest BCUT2D eigenvalue weighted by Gasteiger charge is 2.18. The van der Waals surface area contributed by atoms with E-state index in [1.807, 2.05) is 0 Å². The number of aryl methyl sites for hydroxylation is 1.